The third-order valence-electron chi connectivity index (χ3n) is 10.1. The maximum absolute atomic E-state index is 11.6. The molecule has 8 saturated carbocycles. The van der Waals surface area contributed by atoms with Gasteiger partial charge in [-0.05, 0) is 124 Å². The standard InChI is InChI=1S/C10H16O.C10H14O.2C8H16O2/c2*11-10-8-2-6-1-7(4-8)5-9(10)3-6;2*1-5-10-7(9)6-8(2,3)4/h6-11H,1-5H2;6-9H,1-5H2;2*5-6H2,1-4H3. The number of carbonyl (C=O) groups is 3. The smallest absolute Gasteiger partial charge is 0.306 e. The lowest BCUT2D eigenvalue weighted by Gasteiger charge is -2.52. The second-order valence-electron chi connectivity index (χ2n) is 16.7. The lowest BCUT2D eigenvalue weighted by atomic mass is 9.55. The van der Waals surface area contributed by atoms with Crippen LogP contribution in [0.1, 0.15) is 132 Å². The molecule has 1 N–H and O–H groups in total. The summed E-state index contributed by atoms with van der Waals surface area (Å²) in [5.41, 5.74) is 0.0957. The molecule has 0 aromatic heterocycles. The van der Waals surface area contributed by atoms with E-state index >= 15 is 0 Å². The third-order valence-corrected chi connectivity index (χ3v) is 10.1. The molecular weight excluding hydrogens is 528 g/mol. The van der Waals surface area contributed by atoms with Crippen LogP contribution in [0, 0.1) is 58.2 Å². The molecule has 0 aromatic carbocycles. The minimum atomic E-state index is -0.102. The molecule has 0 aromatic rings. The van der Waals surface area contributed by atoms with Crippen LogP contribution < -0.4 is 0 Å². The van der Waals surface area contributed by atoms with Crippen molar-refractivity contribution < 1.29 is 29.0 Å². The maximum atomic E-state index is 11.6. The molecule has 8 rings (SSSR count). The number of rotatable bonds is 4. The Morgan fingerprint density at radius 3 is 1.21 bits per heavy atom. The summed E-state index contributed by atoms with van der Waals surface area (Å²) in [4.78, 5) is 33.2. The van der Waals surface area contributed by atoms with Gasteiger partial charge in [0, 0.05) is 11.8 Å². The Morgan fingerprint density at radius 2 is 0.929 bits per heavy atom. The average molecular weight is 591 g/mol. The van der Waals surface area contributed by atoms with E-state index in [1.807, 2.05) is 55.4 Å². The van der Waals surface area contributed by atoms with Crippen LogP contribution in [0.4, 0.5) is 0 Å². The second-order valence-corrected chi connectivity index (χ2v) is 16.7. The van der Waals surface area contributed by atoms with Crippen LogP contribution in [-0.2, 0) is 23.9 Å². The zero-order chi connectivity index (χ0) is 31.2. The number of hydrogen-bond acceptors (Lipinski definition) is 6. The number of esters is 2. The molecule has 42 heavy (non-hydrogen) atoms. The molecule has 242 valence electrons. The molecule has 8 aliphatic rings. The summed E-state index contributed by atoms with van der Waals surface area (Å²) in [5.74, 6) is 6.71. The first-order valence-electron chi connectivity index (χ1n) is 17.1. The quantitative estimate of drug-likeness (QED) is 0.336. The zero-order valence-corrected chi connectivity index (χ0v) is 28.1. The van der Waals surface area contributed by atoms with Gasteiger partial charge in [-0.25, -0.2) is 0 Å². The summed E-state index contributed by atoms with van der Waals surface area (Å²) in [6.45, 7) is 16.7. The number of Topliss-reactive ketones (excluding diaryl/α,β-unsaturated/α-hetero) is 1. The Kier molecular flexibility index (Phi) is 12.5. The van der Waals surface area contributed by atoms with Gasteiger partial charge in [0.2, 0.25) is 0 Å². The predicted molar refractivity (Wildman–Crippen MR) is 167 cm³/mol. The fraction of sp³-hybridized carbons (Fsp3) is 0.917. The largest absolute Gasteiger partial charge is 0.466 e. The van der Waals surface area contributed by atoms with E-state index in [4.69, 9.17) is 9.47 Å². The lowest BCUT2D eigenvalue weighted by molar-refractivity contribution is -0.146. The lowest BCUT2D eigenvalue weighted by Crippen LogP contribution is -2.48. The minimum absolute atomic E-state index is 0.0479. The van der Waals surface area contributed by atoms with Crippen LogP contribution in [0.2, 0.25) is 0 Å². The van der Waals surface area contributed by atoms with Gasteiger partial charge in [-0.1, -0.05) is 41.5 Å². The number of aliphatic hydroxyl groups is 1. The topological polar surface area (TPSA) is 89.9 Å². The number of ether oxygens (including phenoxy) is 2. The molecule has 6 nitrogen and oxygen atoms in total. The summed E-state index contributed by atoms with van der Waals surface area (Å²) < 4.78 is 9.56. The molecule has 0 amide bonds. The summed E-state index contributed by atoms with van der Waals surface area (Å²) in [6.07, 6.45) is 14.4. The predicted octanol–water partition coefficient (Wildman–Crippen LogP) is 7.79. The Hall–Kier alpha value is -1.43. The van der Waals surface area contributed by atoms with Crippen molar-refractivity contribution in [2.45, 2.75) is 139 Å². The number of aliphatic hydroxyl groups excluding tert-OH is 1. The van der Waals surface area contributed by atoms with Gasteiger partial charge in [0.15, 0.2) is 0 Å². The van der Waals surface area contributed by atoms with Gasteiger partial charge in [0.1, 0.15) is 5.78 Å². The summed E-state index contributed by atoms with van der Waals surface area (Å²) in [6, 6.07) is 0. The van der Waals surface area contributed by atoms with Gasteiger partial charge in [0.05, 0.1) is 32.2 Å². The van der Waals surface area contributed by atoms with E-state index in [0.717, 1.165) is 23.7 Å². The SMILES string of the molecule is CCOC(=O)CC(C)(C)C.CCOC(=O)CC(C)(C)C.O=C1C2CC3CC(C2)CC1C3.OC1C2CC3CC(C2)CC1C3. The van der Waals surface area contributed by atoms with E-state index < -0.39 is 0 Å². The molecule has 6 heteroatoms. The highest BCUT2D eigenvalue weighted by molar-refractivity contribution is 5.85. The molecule has 8 bridgehead atoms. The van der Waals surface area contributed by atoms with E-state index in [1.165, 1.54) is 64.2 Å². The molecule has 0 atom stereocenters. The van der Waals surface area contributed by atoms with Crippen LogP contribution in [0.5, 0.6) is 0 Å². The highest BCUT2D eigenvalue weighted by atomic mass is 16.5. The minimum Gasteiger partial charge on any atom is -0.466 e. The van der Waals surface area contributed by atoms with Crippen molar-refractivity contribution in [2.24, 2.45) is 58.2 Å². The van der Waals surface area contributed by atoms with Crippen LogP contribution in [-0.4, -0.2) is 42.1 Å². The first kappa shape index (κ1) is 35.1. The van der Waals surface area contributed by atoms with Crippen molar-refractivity contribution in [3.05, 3.63) is 0 Å². The van der Waals surface area contributed by atoms with E-state index in [2.05, 4.69) is 0 Å². The Labute approximate surface area is 256 Å². The first-order valence-corrected chi connectivity index (χ1v) is 17.1. The van der Waals surface area contributed by atoms with Crippen LogP contribution >= 0.6 is 0 Å². The normalized spacial score (nSPS) is 35.2. The fourth-order valence-electron chi connectivity index (χ4n) is 8.84. The van der Waals surface area contributed by atoms with Crippen molar-refractivity contribution in [1.82, 2.24) is 0 Å². The Balaban J connectivity index is 0.000000154. The van der Waals surface area contributed by atoms with E-state index in [-0.39, 0.29) is 28.9 Å². The first-order chi connectivity index (χ1) is 19.6. The molecule has 0 spiro atoms. The van der Waals surface area contributed by atoms with Crippen molar-refractivity contribution >= 4 is 17.7 Å². The molecule has 0 unspecified atom stereocenters. The van der Waals surface area contributed by atoms with Gasteiger partial charge >= 0.3 is 11.9 Å². The van der Waals surface area contributed by atoms with Crippen LogP contribution in [0.15, 0.2) is 0 Å². The molecule has 0 heterocycles. The van der Waals surface area contributed by atoms with Gasteiger partial charge < -0.3 is 14.6 Å². The highest BCUT2D eigenvalue weighted by Gasteiger charge is 2.48. The third kappa shape index (κ3) is 10.9. The summed E-state index contributed by atoms with van der Waals surface area (Å²) >= 11 is 0. The molecule has 8 aliphatic carbocycles. The van der Waals surface area contributed by atoms with Crippen LogP contribution in [0.25, 0.3) is 0 Å². The Bertz CT molecular complexity index is 806. The summed E-state index contributed by atoms with van der Waals surface area (Å²) in [5, 5.41) is 9.83. The molecular formula is C36H62O6. The highest BCUT2D eigenvalue weighted by Crippen LogP contribution is 2.54. The van der Waals surface area contributed by atoms with E-state index in [9.17, 15) is 19.5 Å². The zero-order valence-electron chi connectivity index (χ0n) is 28.1. The molecule has 8 fully saturated rings. The monoisotopic (exact) mass is 590 g/mol. The average Bonchev–Trinajstić information content (AvgIpc) is 2.84. The fourth-order valence-corrected chi connectivity index (χ4v) is 8.84. The number of carbonyl (C=O) groups excluding carboxylic acids is 3. The van der Waals surface area contributed by atoms with Crippen molar-refractivity contribution in [3.63, 3.8) is 0 Å². The molecule has 0 aliphatic heterocycles. The second kappa shape index (κ2) is 15.0. The maximum Gasteiger partial charge on any atom is 0.306 e. The van der Waals surface area contributed by atoms with Crippen LogP contribution in [0.3, 0.4) is 0 Å². The van der Waals surface area contributed by atoms with E-state index in [0.29, 0.717) is 55.5 Å². The summed E-state index contributed by atoms with van der Waals surface area (Å²) in [7, 11) is 0. The van der Waals surface area contributed by atoms with Gasteiger partial charge in [-0.3, -0.25) is 14.4 Å². The Morgan fingerprint density at radius 1 is 0.619 bits per heavy atom. The van der Waals surface area contributed by atoms with Gasteiger partial charge in [0.25, 0.3) is 0 Å². The van der Waals surface area contributed by atoms with Crippen molar-refractivity contribution in [1.29, 1.82) is 0 Å². The number of hydrogen-bond donors (Lipinski definition) is 1. The van der Waals surface area contributed by atoms with Gasteiger partial charge in [-0.2, -0.15) is 0 Å². The van der Waals surface area contributed by atoms with Gasteiger partial charge in [-0.15, -0.1) is 0 Å². The van der Waals surface area contributed by atoms with E-state index in [1.54, 1.807) is 0 Å². The molecule has 0 radical (unpaired) electrons. The molecule has 0 saturated heterocycles. The van der Waals surface area contributed by atoms with Crippen molar-refractivity contribution in [2.75, 3.05) is 13.2 Å². The van der Waals surface area contributed by atoms with Crippen molar-refractivity contribution in [3.8, 4) is 0 Å². The number of ketones is 1.